The van der Waals surface area contributed by atoms with Crippen LogP contribution in [0.2, 0.25) is 0 Å². The minimum absolute atomic E-state index is 0.0760. The molecule has 0 heterocycles. The van der Waals surface area contributed by atoms with Crippen LogP contribution in [0.5, 0.6) is 46.0 Å². The third-order valence-electron chi connectivity index (χ3n) is 17.8. The zero-order chi connectivity index (χ0) is 82.4. The van der Waals surface area contributed by atoms with Crippen LogP contribution in [-0.4, -0.2) is 40.9 Å². The van der Waals surface area contributed by atoms with Crippen LogP contribution < -0.4 is 43.4 Å². The summed E-state index contributed by atoms with van der Waals surface area (Å²) in [5.74, 6) is -0.832. The predicted molar refractivity (Wildman–Crippen MR) is 456 cm³/mol. The highest BCUT2D eigenvalue weighted by Crippen LogP contribution is 2.20. The second kappa shape index (κ2) is 62.3. The quantitative estimate of drug-likeness (QED) is 0.0187. The van der Waals surface area contributed by atoms with E-state index in [0.717, 1.165) is 136 Å². The van der Waals surface area contributed by atoms with Crippen LogP contribution in [0.15, 0.2) is 232 Å². The van der Waals surface area contributed by atoms with Crippen molar-refractivity contribution in [1.29, 1.82) is 0 Å². The van der Waals surface area contributed by atoms with Crippen molar-refractivity contribution in [3.63, 3.8) is 0 Å². The Bertz CT molecular complexity index is 4430. The smallest absolute Gasteiger partial charge is 0.220 e. The highest BCUT2D eigenvalue weighted by molar-refractivity contribution is 5.36. The number of hydrogen-bond acceptors (Lipinski definition) is 16. The zero-order valence-corrected chi connectivity index (χ0v) is 67.2. The van der Waals surface area contributed by atoms with E-state index < -0.39 is 0 Å². The molecule has 0 fully saturated rings. The molecule has 0 unspecified atom stereocenters. The predicted octanol–water partition coefficient (Wildman–Crippen LogP) is 19.6. The number of aryl methyl sites for hydroxylation is 8. The van der Waals surface area contributed by atoms with Crippen molar-refractivity contribution in [1.82, 2.24) is 0 Å². The van der Waals surface area contributed by atoms with E-state index >= 15 is 0 Å². The van der Waals surface area contributed by atoms with E-state index in [9.17, 15) is 74.1 Å². The van der Waals surface area contributed by atoms with E-state index in [2.05, 4.69) is 34.6 Å². The molecule has 0 spiro atoms. The highest BCUT2D eigenvalue weighted by atomic mass is 16.3. The highest BCUT2D eigenvalue weighted by Gasteiger charge is 2.08. The lowest BCUT2D eigenvalue weighted by Crippen LogP contribution is -1.97. The molecule has 0 radical (unpaired) electrons. The topological polar surface area (TPSA) is 298 Å². The van der Waals surface area contributed by atoms with Gasteiger partial charge in [-0.1, -0.05) is 316 Å². The van der Waals surface area contributed by atoms with Gasteiger partial charge in [0.25, 0.3) is 0 Å². The lowest BCUT2D eigenvalue weighted by Gasteiger charge is -2.02. The van der Waals surface area contributed by atoms with Crippen molar-refractivity contribution in [3.8, 4) is 46.0 Å². The third-order valence-corrected chi connectivity index (χ3v) is 17.8. The fourth-order valence-corrected chi connectivity index (χ4v) is 11.1. The molecule has 0 bridgehead atoms. The van der Waals surface area contributed by atoms with Gasteiger partial charge in [0.05, 0.1) is 0 Å². The van der Waals surface area contributed by atoms with Gasteiger partial charge in [-0.15, -0.1) is 0 Å². The molecule has 16 heteroatoms. The Balaban J connectivity index is 0.000000639. The largest absolute Gasteiger partial charge is 0.504 e. The summed E-state index contributed by atoms with van der Waals surface area (Å²) in [6.45, 7) is 16.4. The fourth-order valence-electron chi connectivity index (χ4n) is 11.1. The minimum Gasteiger partial charge on any atom is -0.504 e. The van der Waals surface area contributed by atoms with Crippen LogP contribution in [0.3, 0.4) is 0 Å². The van der Waals surface area contributed by atoms with Crippen molar-refractivity contribution in [3.05, 3.63) is 320 Å². The van der Waals surface area contributed by atoms with Crippen LogP contribution >= 0.6 is 0 Å². The summed E-state index contributed by atoms with van der Waals surface area (Å²) in [5.41, 5.74) is 3.47. The number of hydrogen-bond donors (Lipinski definition) is 8. The Labute approximate surface area is 658 Å². The summed E-state index contributed by atoms with van der Waals surface area (Å²) < 4.78 is 0. The monoisotopic (exact) mass is 1520 g/mol. The van der Waals surface area contributed by atoms with Gasteiger partial charge in [0.2, 0.25) is 43.4 Å². The summed E-state index contributed by atoms with van der Waals surface area (Å²) in [5, 5.41) is 75.7. The molecule has 0 saturated heterocycles. The van der Waals surface area contributed by atoms with E-state index in [1.165, 1.54) is 138 Å². The second-order valence-electron chi connectivity index (χ2n) is 27.0. The van der Waals surface area contributed by atoms with Crippen LogP contribution in [0.1, 0.15) is 247 Å². The van der Waals surface area contributed by atoms with Crippen LogP contribution in [0, 0.1) is 6.92 Å². The zero-order valence-electron chi connectivity index (χ0n) is 67.2. The van der Waals surface area contributed by atoms with E-state index in [4.69, 9.17) is 5.11 Å². The van der Waals surface area contributed by atoms with Gasteiger partial charge in [0.15, 0.2) is 46.0 Å². The number of aromatic hydroxyl groups is 8. The lowest BCUT2D eigenvalue weighted by atomic mass is 10.0. The summed E-state index contributed by atoms with van der Waals surface area (Å²) in [7, 11) is 0. The molecular formula is C95H126O16. The minimum atomic E-state index is -0.331. The van der Waals surface area contributed by atoms with Gasteiger partial charge in [-0.3, -0.25) is 38.4 Å². The van der Waals surface area contributed by atoms with E-state index in [0.29, 0.717) is 17.5 Å². The van der Waals surface area contributed by atoms with Gasteiger partial charge in [0.1, 0.15) is 0 Å². The Kier molecular flexibility index (Phi) is 55.3. The lowest BCUT2D eigenvalue weighted by molar-refractivity contribution is 0.461. The molecular weight excluding hydrogens is 1400 g/mol. The molecule has 0 aliphatic heterocycles. The van der Waals surface area contributed by atoms with Crippen LogP contribution in [0.4, 0.5) is 0 Å². The fraction of sp³-hybridized carbons (Fsp3) is 0.411. The van der Waals surface area contributed by atoms with Crippen molar-refractivity contribution >= 4 is 0 Å². The van der Waals surface area contributed by atoms with Crippen molar-refractivity contribution in [2.45, 2.75) is 254 Å². The van der Waals surface area contributed by atoms with Crippen LogP contribution in [-0.2, 0) is 44.9 Å². The van der Waals surface area contributed by atoms with Gasteiger partial charge >= 0.3 is 0 Å². The van der Waals surface area contributed by atoms with Crippen LogP contribution in [0.25, 0.3) is 0 Å². The second-order valence-corrected chi connectivity index (χ2v) is 27.0. The maximum absolute atomic E-state index is 11.4. The Hall–Kier alpha value is -10.5. The van der Waals surface area contributed by atoms with Crippen molar-refractivity contribution in [2.24, 2.45) is 0 Å². The number of unbranched alkanes of at least 4 members (excludes halogenated alkanes) is 18. The van der Waals surface area contributed by atoms with Gasteiger partial charge in [-0.05, 0) is 177 Å². The van der Waals surface area contributed by atoms with E-state index in [-0.39, 0.29) is 89.4 Å². The van der Waals surface area contributed by atoms with Gasteiger partial charge in [0, 0.05) is 0 Å². The SMILES string of the molecule is CCCCCCCCCCc1ccccc(=O)c1O.CCCCCCCCc1ccccc(=O)c1O.CCCCCCc1ccccc(=O)c1O.CCCCCc1ccccc(=O)c1O.CCCCc1ccccc(=O)c1O.CCCc1ccccc(=O)c1O.CCc1ccccc(=O)c1O.Cc1ccccc(=O)c1O. The summed E-state index contributed by atoms with van der Waals surface area (Å²) in [6.07, 6.45) is 33.7. The number of rotatable bonds is 31. The first-order chi connectivity index (χ1) is 53.5. The maximum Gasteiger partial charge on any atom is 0.220 e. The molecule has 111 heavy (non-hydrogen) atoms. The molecule has 8 N–H and O–H groups in total. The average Bonchev–Trinajstić information content (AvgIpc) is 1.84. The Morgan fingerprint density at radius 2 is 0.351 bits per heavy atom. The normalized spacial score (nSPS) is 10.1. The van der Waals surface area contributed by atoms with Crippen molar-refractivity contribution in [2.75, 3.05) is 0 Å². The molecule has 8 aromatic carbocycles. The average molecular weight is 1520 g/mol. The summed E-state index contributed by atoms with van der Waals surface area (Å²) in [4.78, 5) is 89.2. The molecule has 0 saturated carbocycles. The maximum atomic E-state index is 11.4. The first kappa shape index (κ1) is 98.5. The molecule has 0 aliphatic carbocycles. The van der Waals surface area contributed by atoms with E-state index in [1.807, 2.05) is 50.2 Å². The van der Waals surface area contributed by atoms with Crippen molar-refractivity contribution < 1.29 is 40.9 Å². The molecule has 602 valence electrons. The standard InChI is InChI=1S/C17H26O2.C15H22O2.C13H18O2.C12H16O2.C11H14O2.C10H12O2.C9H10O2.C8H8O2/c1-2-3-4-5-6-7-8-9-12-15-13-10-11-14-16(18)17(15)19;1-2-3-4-5-6-7-10-13-11-8-9-12-14(16)15(13)17;1-2-3-4-5-8-11-9-6-7-10-12(14)13(11)15;1-2-3-4-7-10-8-5-6-9-11(13)12(10)14;1-2-3-6-9-7-4-5-8-10(12)11(9)13;1-2-5-8-6-3-4-7-9(11)10(8)12;1-2-7-5-3-4-6-8(10)9(7)11;1-6-4-2-3-5-7(9)8(6)10/h10-11,13-14H,2-9,12H2,1H3,(H,18,19);8-9,11-12H,2-7,10H2,1H3,(H,16,17);6-7,9-10H,2-5,8H2,1H3,(H,14,15);5-6,8-9H,2-4,7H2,1H3,(H,13,14);4-5,7-8H,2-3,6H2,1H3,(H,12,13);3-4,6-7H,2,5H2,1H3,(H,11,12);3-6H,2H2,1H3,(H,10,11);2-5H,1H3,(H,9,10). The molecule has 8 aromatic rings. The Morgan fingerprint density at radius 1 is 0.180 bits per heavy atom. The molecule has 0 aromatic heterocycles. The Morgan fingerprint density at radius 3 is 0.604 bits per heavy atom. The molecule has 0 amide bonds. The summed E-state index contributed by atoms with van der Waals surface area (Å²) in [6, 6.07) is 52.8. The summed E-state index contributed by atoms with van der Waals surface area (Å²) >= 11 is 0. The first-order valence-corrected chi connectivity index (χ1v) is 40.0. The van der Waals surface area contributed by atoms with Gasteiger partial charge < -0.3 is 40.9 Å². The first-order valence-electron chi connectivity index (χ1n) is 40.0. The molecule has 0 atom stereocenters. The van der Waals surface area contributed by atoms with Gasteiger partial charge in [-0.2, -0.15) is 0 Å². The third kappa shape index (κ3) is 43.5. The molecule has 8 rings (SSSR count). The van der Waals surface area contributed by atoms with E-state index in [1.54, 1.807) is 116 Å². The molecule has 16 nitrogen and oxygen atoms in total. The molecule has 0 aliphatic rings. The van der Waals surface area contributed by atoms with Gasteiger partial charge in [-0.25, -0.2) is 0 Å².